The zero-order valence-electron chi connectivity index (χ0n) is 15.0. The van der Waals surface area contributed by atoms with Crippen LogP contribution in [0.1, 0.15) is 45.2 Å². The highest BCUT2D eigenvalue weighted by Gasteiger charge is 2.23. The van der Waals surface area contributed by atoms with E-state index >= 15 is 0 Å². The van der Waals surface area contributed by atoms with Crippen LogP contribution in [0.3, 0.4) is 0 Å². The van der Waals surface area contributed by atoms with E-state index in [1.165, 1.54) is 19.3 Å². The van der Waals surface area contributed by atoms with Crippen LogP contribution >= 0.6 is 11.3 Å². The molecule has 0 spiro atoms. The number of nitrogens with one attached hydrogen (secondary N) is 1. The van der Waals surface area contributed by atoms with Crippen molar-refractivity contribution in [1.82, 2.24) is 10.3 Å². The molecule has 1 N–H and O–H groups in total. The molecule has 1 aliphatic carbocycles. The number of para-hydroxylation sites is 1. The first-order valence-corrected chi connectivity index (χ1v) is 10.0. The summed E-state index contributed by atoms with van der Waals surface area (Å²) in [4.78, 5) is 17.0. The zero-order valence-corrected chi connectivity index (χ0v) is 15.8. The molecule has 0 aliphatic heterocycles. The Morgan fingerprint density at radius 2 is 2.12 bits per heavy atom. The number of carbonyl (C=O) groups excluding carboxylic acids is 1. The molecule has 5 heteroatoms. The molecule has 1 fully saturated rings. The number of hydrogen-bond donors (Lipinski definition) is 1. The van der Waals surface area contributed by atoms with Crippen LogP contribution in [0.15, 0.2) is 29.6 Å². The quantitative estimate of drug-likeness (QED) is 0.830. The average Bonchev–Trinajstić information content (AvgIpc) is 3.06. The van der Waals surface area contributed by atoms with E-state index < -0.39 is 0 Å². The number of hydrogen-bond acceptors (Lipinski definition) is 4. The SMILES string of the molecule is CCOc1ccccc1-c1nc(CC(=O)NC2CCCCC2C)cs1. The van der Waals surface area contributed by atoms with Gasteiger partial charge in [0.1, 0.15) is 10.8 Å². The number of nitrogens with zero attached hydrogens (tertiary/aromatic N) is 1. The number of thiazole rings is 1. The van der Waals surface area contributed by atoms with Crippen molar-refractivity contribution in [2.75, 3.05) is 6.61 Å². The Morgan fingerprint density at radius 1 is 1.32 bits per heavy atom. The second-order valence-electron chi connectivity index (χ2n) is 6.69. The van der Waals surface area contributed by atoms with Crippen LogP contribution in [-0.4, -0.2) is 23.5 Å². The van der Waals surface area contributed by atoms with Gasteiger partial charge in [-0.25, -0.2) is 4.98 Å². The van der Waals surface area contributed by atoms with E-state index in [4.69, 9.17) is 4.74 Å². The summed E-state index contributed by atoms with van der Waals surface area (Å²) in [7, 11) is 0. The standard InChI is InChI=1S/C20H26N2O2S/c1-3-24-18-11-7-5-9-16(18)20-21-15(13-25-20)12-19(23)22-17-10-6-4-8-14(17)2/h5,7,9,11,13-14,17H,3-4,6,8,10,12H2,1-2H3,(H,22,23). The van der Waals surface area contributed by atoms with E-state index in [0.29, 0.717) is 25.0 Å². The van der Waals surface area contributed by atoms with Crippen LogP contribution in [0.4, 0.5) is 0 Å². The molecule has 0 saturated heterocycles. The van der Waals surface area contributed by atoms with Crippen LogP contribution in [-0.2, 0) is 11.2 Å². The maximum Gasteiger partial charge on any atom is 0.226 e. The molecule has 2 unspecified atom stereocenters. The zero-order chi connectivity index (χ0) is 17.6. The van der Waals surface area contributed by atoms with Gasteiger partial charge in [-0.1, -0.05) is 31.9 Å². The third-order valence-electron chi connectivity index (χ3n) is 4.77. The molecule has 1 heterocycles. The van der Waals surface area contributed by atoms with Gasteiger partial charge in [0.2, 0.25) is 5.91 Å². The fraction of sp³-hybridized carbons (Fsp3) is 0.500. The first kappa shape index (κ1) is 17.9. The van der Waals surface area contributed by atoms with Gasteiger partial charge < -0.3 is 10.1 Å². The summed E-state index contributed by atoms with van der Waals surface area (Å²) < 4.78 is 5.68. The fourth-order valence-electron chi connectivity index (χ4n) is 3.39. The highest BCUT2D eigenvalue weighted by atomic mass is 32.1. The van der Waals surface area contributed by atoms with Gasteiger partial charge in [-0.2, -0.15) is 0 Å². The maximum absolute atomic E-state index is 12.4. The summed E-state index contributed by atoms with van der Waals surface area (Å²) in [5, 5.41) is 6.07. The number of carbonyl (C=O) groups is 1. The Hall–Kier alpha value is -1.88. The normalized spacial score (nSPS) is 20.2. The lowest BCUT2D eigenvalue weighted by Gasteiger charge is -2.29. The monoisotopic (exact) mass is 358 g/mol. The largest absolute Gasteiger partial charge is 0.493 e. The highest BCUT2D eigenvalue weighted by molar-refractivity contribution is 7.13. The molecule has 25 heavy (non-hydrogen) atoms. The molecule has 0 bridgehead atoms. The van der Waals surface area contributed by atoms with Crippen LogP contribution in [0.25, 0.3) is 10.6 Å². The Kier molecular flexibility index (Phi) is 6.08. The topological polar surface area (TPSA) is 51.2 Å². The molecule has 2 atom stereocenters. The summed E-state index contributed by atoms with van der Waals surface area (Å²) >= 11 is 1.56. The molecule has 1 saturated carbocycles. The number of amides is 1. The van der Waals surface area contributed by atoms with Crippen LogP contribution in [0.2, 0.25) is 0 Å². The van der Waals surface area contributed by atoms with Crippen molar-refractivity contribution in [1.29, 1.82) is 0 Å². The molecule has 3 rings (SSSR count). The molecule has 2 aromatic rings. The highest BCUT2D eigenvalue weighted by Crippen LogP contribution is 2.32. The van der Waals surface area contributed by atoms with Crippen molar-refractivity contribution in [3.63, 3.8) is 0 Å². The Balaban J connectivity index is 1.64. The van der Waals surface area contributed by atoms with E-state index in [1.807, 2.05) is 36.6 Å². The molecule has 1 aliphatic rings. The number of ether oxygens (including phenoxy) is 1. The van der Waals surface area contributed by atoms with Gasteiger partial charge in [0, 0.05) is 11.4 Å². The summed E-state index contributed by atoms with van der Waals surface area (Å²) in [6, 6.07) is 8.23. The summed E-state index contributed by atoms with van der Waals surface area (Å²) in [5.74, 6) is 1.49. The van der Waals surface area contributed by atoms with Crippen molar-refractivity contribution in [3.8, 4) is 16.3 Å². The smallest absolute Gasteiger partial charge is 0.226 e. The van der Waals surface area contributed by atoms with E-state index in [0.717, 1.165) is 28.4 Å². The van der Waals surface area contributed by atoms with Crippen LogP contribution in [0, 0.1) is 5.92 Å². The van der Waals surface area contributed by atoms with E-state index in [9.17, 15) is 4.79 Å². The summed E-state index contributed by atoms with van der Waals surface area (Å²) in [6.07, 6.45) is 5.14. The maximum atomic E-state index is 12.4. The Labute approximate surface area is 153 Å². The van der Waals surface area contributed by atoms with Crippen molar-refractivity contribution in [3.05, 3.63) is 35.3 Å². The average molecular weight is 359 g/mol. The minimum atomic E-state index is 0.0775. The number of benzene rings is 1. The van der Waals surface area contributed by atoms with E-state index in [2.05, 4.69) is 17.2 Å². The Bertz CT molecular complexity index is 713. The number of rotatable bonds is 6. The van der Waals surface area contributed by atoms with Gasteiger partial charge in [0.15, 0.2) is 0 Å². The molecular weight excluding hydrogens is 332 g/mol. The molecule has 1 aromatic heterocycles. The summed E-state index contributed by atoms with van der Waals surface area (Å²) in [5.41, 5.74) is 1.81. The molecule has 134 valence electrons. The van der Waals surface area contributed by atoms with Gasteiger partial charge in [-0.3, -0.25) is 4.79 Å². The van der Waals surface area contributed by atoms with Crippen LogP contribution < -0.4 is 10.1 Å². The first-order chi connectivity index (χ1) is 12.2. The predicted molar refractivity (Wildman–Crippen MR) is 102 cm³/mol. The van der Waals surface area contributed by atoms with Crippen molar-refractivity contribution >= 4 is 17.2 Å². The van der Waals surface area contributed by atoms with Gasteiger partial charge in [0.25, 0.3) is 0 Å². The molecule has 1 aromatic carbocycles. The predicted octanol–water partition coefficient (Wildman–Crippen LogP) is 4.45. The van der Waals surface area contributed by atoms with Gasteiger partial charge >= 0.3 is 0 Å². The molecule has 1 amide bonds. The summed E-state index contributed by atoms with van der Waals surface area (Å²) in [6.45, 7) is 4.83. The van der Waals surface area contributed by atoms with Crippen molar-refractivity contribution in [2.45, 2.75) is 52.0 Å². The Morgan fingerprint density at radius 3 is 2.92 bits per heavy atom. The minimum absolute atomic E-state index is 0.0775. The van der Waals surface area contributed by atoms with Crippen molar-refractivity contribution in [2.24, 2.45) is 5.92 Å². The van der Waals surface area contributed by atoms with Crippen molar-refractivity contribution < 1.29 is 9.53 Å². The second-order valence-corrected chi connectivity index (χ2v) is 7.54. The van der Waals surface area contributed by atoms with E-state index in [1.54, 1.807) is 11.3 Å². The third kappa shape index (κ3) is 4.60. The molecule has 0 radical (unpaired) electrons. The minimum Gasteiger partial charge on any atom is -0.493 e. The van der Waals surface area contributed by atoms with Gasteiger partial charge in [-0.15, -0.1) is 11.3 Å². The second kappa shape index (κ2) is 8.48. The lowest BCUT2D eigenvalue weighted by Crippen LogP contribution is -2.41. The lowest BCUT2D eigenvalue weighted by molar-refractivity contribution is -0.121. The molecule has 4 nitrogen and oxygen atoms in total. The fourth-order valence-corrected chi connectivity index (χ4v) is 4.24. The van der Waals surface area contributed by atoms with Gasteiger partial charge in [0.05, 0.1) is 24.3 Å². The third-order valence-corrected chi connectivity index (χ3v) is 5.69. The van der Waals surface area contributed by atoms with Gasteiger partial charge in [-0.05, 0) is 37.8 Å². The molecular formula is C20H26N2O2S. The van der Waals surface area contributed by atoms with E-state index in [-0.39, 0.29) is 5.91 Å². The number of aromatic nitrogens is 1. The van der Waals surface area contributed by atoms with Crippen LogP contribution in [0.5, 0.6) is 5.75 Å². The first-order valence-electron chi connectivity index (χ1n) is 9.13. The lowest BCUT2D eigenvalue weighted by atomic mass is 9.86.